The average molecular weight is 424 g/mol. The van der Waals surface area contributed by atoms with E-state index in [-0.39, 0.29) is 17.7 Å². The van der Waals surface area contributed by atoms with Crippen LogP contribution in [0.5, 0.6) is 0 Å². The Bertz CT molecular complexity index is 891. The van der Waals surface area contributed by atoms with Crippen molar-refractivity contribution < 1.29 is 9.59 Å². The average Bonchev–Trinajstić information content (AvgIpc) is 2.78. The maximum atomic E-state index is 11.8. The standard InChI is InChI=1S/C24H33N5O2/c1-5-26-24(27-14-13-18-7-6-8-20(15-18)23(31)25-4)28-16-19-9-11-21(12-10-19)29-22(30)17(2)3/h6-12,15,17H,5,13-14,16H2,1-4H3,(H,25,31)(H,29,30)(H2,26,27,28). The van der Waals surface area contributed by atoms with Gasteiger partial charge in [-0.25, -0.2) is 4.99 Å². The van der Waals surface area contributed by atoms with Gasteiger partial charge in [0.1, 0.15) is 0 Å². The van der Waals surface area contributed by atoms with E-state index in [4.69, 9.17) is 0 Å². The Morgan fingerprint density at radius 2 is 1.74 bits per heavy atom. The van der Waals surface area contributed by atoms with Gasteiger partial charge < -0.3 is 21.3 Å². The third-order valence-electron chi connectivity index (χ3n) is 4.63. The smallest absolute Gasteiger partial charge is 0.251 e. The summed E-state index contributed by atoms with van der Waals surface area (Å²) < 4.78 is 0. The van der Waals surface area contributed by atoms with Crippen LogP contribution in [-0.2, 0) is 17.8 Å². The van der Waals surface area contributed by atoms with Crippen molar-refractivity contribution >= 4 is 23.5 Å². The zero-order valence-electron chi connectivity index (χ0n) is 18.8. The first kappa shape index (κ1) is 23.9. The molecule has 0 aliphatic rings. The highest BCUT2D eigenvalue weighted by molar-refractivity contribution is 5.94. The van der Waals surface area contributed by atoms with E-state index in [1.807, 2.05) is 63.2 Å². The molecule has 0 atom stereocenters. The van der Waals surface area contributed by atoms with Gasteiger partial charge in [-0.15, -0.1) is 0 Å². The number of hydrogen-bond donors (Lipinski definition) is 4. The molecule has 4 N–H and O–H groups in total. The summed E-state index contributed by atoms with van der Waals surface area (Å²) in [4.78, 5) is 28.2. The number of anilines is 1. The van der Waals surface area contributed by atoms with Crippen molar-refractivity contribution in [2.45, 2.75) is 33.7 Å². The molecule has 0 saturated carbocycles. The monoisotopic (exact) mass is 423 g/mol. The third-order valence-corrected chi connectivity index (χ3v) is 4.63. The number of guanidine groups is 1. The van der Waals surface area contributed by atoms with Crippen LogP contribution < -0.4 is 21.3 Å². The molecule has 2 rings (SSSR count). The summed E-state index contributed by atoms with van der Waals surface area (Å²) in [5.41, 5.74) is 3.59. The summed E-state index contributed by atoms with van der Waals surface area (Å²) in [6.07, 6.45) is 0.777. The fourth-order valence-corrected chi connectivity index (χ4v) is 2.83. The van der Waals surface area contributed by atoms with Crippen LogP contribution in [0, 0.1) is 5.92 Å². The molecule has 0 bridgehead atoms. The van der Waals surface area contributed by atoms with E-state index in [1.54, 1.807) is 13.1 Å². The second-order valence-corrected chi connectivity index (χ2v) is 7.49. The van der Waals surface area contributed by atoms with Crippen LogP contribution in [0.4, 0.5) is 5.69 Å². The Morgan fingerprint density at radius 1 is 1.00 bits per heavy atom. The van der Waals surface area contributed by atoms with Crippen LogP contribution in [0.1, 0.15) is 42.3 Å². The Labute approximate surface area is 184 Å². The molecule has 31 heavy (non-hydrogen) atoms. The zero-order valence-corrected chi connectivity index (χ0v) is 18.8. The molecule has 0 fully saturated rings. The van der Waals surface area contributed by atoms with Gasteiger partial charge in [0, 0.05) is 37.3 Å². The maximum absolute atomic E-state index is 11.8. The molecule has 0 spiro atoms. The molecule has 7 heteroatoms. The number of benzene rings is 2. The molecular weight excluding hydrogens is 390 g/mol. The zero-order chi connectivity index (χ0) is 22.6. The van der Waals surface area contributed by atoms with Crippen molar-refractivity contribution in [1.82, 2.24) is 16.0 Å². The third kappa shape index (κ3) is 8.12. The van der Waals surface area contributed by atoms with E-state index < -0.39 is 0 Å². The highest BCUT2D eigenvalue weighted by Crippen LogP contribution is 2.12. The van der Waals surface area contributed by atoms with Crippen LogP contribution in [0.15, 0.2) is 53.5 Å². The summed E-state index contributed by atoms with van der Waals surface area (Å²) in [5.74, 6) is 0.608. The van der Waals surface area contributed by atoms with Crippen LogP contribution in [-0.4, -0.2) is 37.9 Å². The number of nitrogens with one attached hydrogen (secondary N) is 4. The molecule has 2 aromatic carbocycles. The van der Waals surface area contributed by atoms with Gasteiger partial charge in [0.25, 0.3) is 5.91 Å². The van der Waals surface area contributed by atoms with Crippen molar-refractivity contribution in [3.05, 3.63) is 65.2 Å². The van der Waals surface area contributed by atoms with Gasteiger partial charge in [-0.3, -0.25) is 9.59 Å². The number of aliphatic imine (C=N–C) groups is 1. The molecule has 0 aliphatic heterocycles. The quantitative estimate of drug-likeness (QED) is 0.368. The van der Waals surface area contributed by atoms with E-state index in [9.17, 15) is 9.59 Å². The maximum Gasteiger partial charge on any atom is 0.251 e. The van der Waals surface area contributed by atoms with Gasteiger partial charge in [0.15, 0.2) is 5.96 Å². The second-order valence-electron chi connectivity index (χ2n) is 7.49. The molecule has 7 nitrogen and oxygen atoms in total. The summed E-state index contributed by atoms with van der Waals surface area (Å²) in [6, 6.07) is 15.3. The molecule has 2 aromatic rings. The van der Waals surface area contributed by atoms with Crippen LogP contribution in [0.3, 0.4) is 0 Å². The largest absolute Gasteiger partial charge is 0.357 e. The lowest BCUT2D eigenvalue weighted by Crippen LogP contribution is -2.38. The minimum absolute atomic E-state index is 0.00487. The van der Waals surface area contributed by atoms with E-state index in [1.165, 1.54) is 0 Å². The first-order valence-corrected chi connectivity index (χ1v) is 10.7. The lowest BCUT2D eigenvalue weighted by atomic mass is 10.1. The minimum atomic E-state index is -0.0838. The lowest BCUT2D eigenvalue weighted by molar-refractivity contribution is -0.118. The number of nitrogens with zero attached hydrogens (tertiary/aromatic N) is 1. The molecule has 0 radical (unpaired) electrons. The Balaban J connectivity index is 1.90. The molecule has 0 aliphatic carbocycles. The van der Waals surface area contributed by atoms with Crippen LogP contribution in [0.2, 0.25) is 0 Å². The van der Waals surface area contributed by atoms with E-state index in [2.05, 4.69) is 26.3 Å². The number of carbonyl (C=O) groups is 2. The van der Waals surface area contributed by atoms with Crippen molar-refractivity contribution in [2.75, 3.05) is 25.5 Å². The van der Waals surface area contributed by atoms with Crippen molar-refractivity contribution in [2.24, 2.45) is 10.9 Å². The molecule has 0 unspecified atom stereocenters. The highest BCUT2D eigenvalue weighted by Gasteiger charge is 2.07. The van der Waals surface area contributed by atoms with Gasteiger partial charge in [-0.2, -0.15) is 0 Å². The van der Waals surface area contributed by atoms with Gasteiger partial charge >= 0.3 is 0 Å². The van der Waals surface area contributed by atoms with Crippen molar-refractivity contribution in [1.29, 1.82) is 0 Å². The van der Waals surface area contributed by atoms with E-state index in [0.29, 0.717) is 18.7 Å². The number of rotatable bonds is 9. The highest BCUT2D eigenvalue weighted by atomic mass is 16.2. The molecule has 166 valence electrons. The van der Waals surface area contributed by atoms with Gasteiger partial charge in [0.05, 0.1) is 6.54 Å². The van der Waals surface area contributed by atoms with Crippen molar-refractivity contribution in [3.63, 3.8) is 0 Å². The molecular formula is C24H33N5O2. The van der Waals surface area contributed by atoms with Crippen LogP contribution in [0.25, 0.3) is 0 Å². The van der Waals surface area contributed by atoms with Crippen LogP contribution >= 0.6 is 0 Å². The summed E-state index contributed by atoms with van der Waals surface area (Å²) in [7, 11) is 1.63. The van der Waals surface area contributed by atoms with Crippen molar-refractivity contribution in [3.8, 4) is 0 Å². The van der Waals surface area contributed by atoms with Gasteiger partial charge in [0.2, 0.25) is 5.91 Å². The summed E-state index contributed by atoms with van der Waals surface area (Å²) >= 11 is 0. The normalized spacial score (nSPS) is 11.2. The topological polar surface area (TPSA) is 94.6 Å². The minimum Gasteiger partial charge on any atom is -0.357 e. The Morgan fingerprint density at radius 3 is 2.39 bits per heavy atom. The molecule has 0 aromatic heterocycles. The van der Waals surface area contributed by atoms with E-state index in [0.717, 1.165) is 35.7 Å². The van der Waals surface area contributed by atoms with Gasteiger partial charge in [-0.1, -0.05) is 38.1 Å². The molecule has 0 heterocycles. The molecule has 0 saturated heterocycles. The fourth-order valence-electron chi connectivity index (χ4n) is 2.83. The molecule has 2 amide bonds. The number of carbonyl (C=O) groups excluding carboxylic acids is 2. The second kappa shape index (κ2) is 12.4. The first-order valence-electron chi connectivity index (χ1n) is 10.7. The predicted octanol–water partition coefficient (Wildman–Crippen LogP) is 2.94. The fraction of sp³-hybridized carbons (Fsp3) is 0.375. The Hall–Kier alpha value is -3.35. The van der Waals surface area contributed by atoms with E-state index >= 15 is 0 Å². The van der Waals surface area contributed by atoms with Gasteiger partial charge in [-0.05, 0) is 48.7 Å². The first-order chi connectivity index (χ1) is 14.9. The number of amides is 2. The number of hydrogen-bond acceptors (Lipinski definition) is 3. The summed E-state index contributed by atoms with van der Waals surface area (Å²) in [5, 5.41) is 12.1. The SMILES string of the molecule is CCNC(=NCc1ccc(NC(=O)C(C)C)cc1)NCCc1cccc(C(=O)NC)c1. The summed E-state index contributed by atoms with van der Waals surface area (Å²) in [6.45, 7) is 7.75. The lowest BCUT2D eigenvalue weighted by Gasteiger charge is -2.12. The predicted molar refractivity (Wildman–Crippen MR) is 126 cm³/mol. The Kier molecular flexibility index (Phi) is 9.55.